The van der Waals surface area contributed by atoms with Crippen LogP contribution in [-0.2, 0) is 0 Å². The van der Waals surface area contributed by atoms with Crippen LogP contribution in [0.4, 0.5) is 0 Å². The third-order valence-corrected chi connectivity index (χ3v) is 3.68. The van der Waals surface area contributed by atoms with Gasteiger partial charge in [0.2, 0.25) is 0 Å². The molecule has 1 unspecified atom stereocenters. The van der Waals surface area contributed by atoms with Crippen LogP contribution < -0.4 is 10.1 Å². The SMILES string of the molecule is COc1cc(C(C)C)ccc1C1CN(C)CCN1. The molecule has 1 saturated heterocycles. The lowest BCUT2D eigenvalue weighted by atomic mass is 9.97. The van der Waals surface area contributed by atoms with Crippen LogP contribution in [0.1, 0.15) is 36.9 Å². The second-order valence-electron chi connectivity index (χ2n) is 5.43. The molecule has 0 bridgehead atoms. The Kier molecular flexibility index (Phi) is 4.25. The summed E-state index contributed by atoms with van der Waals surface area (Å²) in [6.45, 7) is 7.61. The van der Waals surface area contributed by atoms with Crippen molar-refractivity contribution in [2.75, 3.05) is 33.8 Å². The molecule has 0 aromatic heterocycles. The Morgan fingerprint density at radius 3 is 2.78 bits per heavy atom. The van der Waals surface area contributed by atoms with Crippen molar-refractivity contribution in [3.8, 4) is 5.75 Å². The second-order valence-corrected chi connectivity index (χ2v) is 5.43. The maximum atomic E-state index is 5.57. The number of benzene rings is 1. The quantitative estimate of drug-likeness (QED) is 0.889. The largest absolute Gasteiger partial charge is 0.496 e. The van der Waals surface area contributed by atoms with Crippen LogP contribution in [-0.4, -0.2) is 38.7 Å². The summed E-state index contributed by atoms with van der Waals surface area (Å²) in [5.74, 6) is 1.55. The van der Waals surface area contributed by atoms with Crippen LogP contribution in [0.2, 0.25) is 0 Å². The molecule has 1 aliphatic rings. The average molecular weight is 248 g/mol. The highest BCUT2D eigenvalue weighted by Crippen LogP contribution is 2.30. The summed E-state index contributed by atoms with van der Waals surface area (Å²) in [5.41, 5.74) is 2.60. The fraction of sp³-hybridized carbons (Fsp3) is 0.600. The molecule has 0 spiro atoms. The Balaban J connectivity index is 2.26. The molecular weight excluding hydrogens is 224 g/mol. The molecule has 100 valence electrons. The fourth-order valence-electron chi connectivity index (χ4n) is 2.48. The van der Waals surface area contributed by atoms with Gasteiger partial charge in [0.05, 0.1) is 7.11 Å². The number of nitrogens with zero attached hydrogens (tertiary/aromatic N) is 1. The van der Waals surface area contributed by atoms with E-state index in [0.29, 0.717) is 12.0 Å². The monoisotopic (exact) mass is 248 g/mol. The van der Waals surface area contributed by atoms with Crippen molar-refractivity contribution < 1.29 is 4.74 Å². The molecule has 18 heavy (non-hydrogen) atoms. The van der Waals surface area contributed by atoms with E-state index in [0.717, 1.165) is 25.4 Å². The Labute approximate surface area is 110 Å². The minimum absolute atomic E-state index is 0.375. The molecular formula is C15H24N2O. The smallest absolute Gasteiger partial charge is 0.123 e. The van der Waals surface area contributed by atoms with E-state index in [1.807, 2.05) is 0 Å². The van der Waals surface area contributed by atoms with Gasteiger partial charge in [0.1, 0.15) is 5.75 Å². The minimum atomic E-state index is 0.375. The summed E-state index contributed by atoms with van der Waals surface area (Å²) in [7, 11) is 3.93. The van der Waals surface area contributed by atoms with Crippen LogP contribution in [0.15, 0.2) is 18.2 Å². The maximum Gasteiger partial charge on any atom is 0.123 e. The van der Waals surface area contributed by atoms with Gasteiger partial charge in [-0.1, -0.05) is 26.0 Å². The maximum absolute atomic E-state index is 5.57. The first-order valence-corrected chi connectivity index (χ1v) is 6.71. The molecule has 2 rings (SSSR count). The van der Waals surface area contributed by atoms with Crippen molar-refractivity contribution in [1.29, 1.82) is 0 Å². The molecule has 1 fully saturated rings. The Bertz CT molecular complexity index is 403. The highest BCUT2D eigenvalue weighted by atomic mass is 16.5. The van der Waals surface area contributed by atoms with Gasteiger partial charge in [-0.25, -0.2) is 0 Å². The summed E-state index contributed by atoms with van der Waals surface area (Å²) in [6.07, 6.45) is 0. The molecule has 1 N–H and O–H groups in total. The number of methoxy groups -OCH3 is 1. The molecule has 3 heteroatoms. The van der Waals surface area contributed by atoms with Crippen molar-refractivity contribution in [3.63, 3.8) is 0 Å². The topological polar surface area (TPSA) is 24.5 Å². The minimum Gasteiger partial charge on any atom is -0.496 e. The number of hydrogen-bond acceptors (Lipinski definition) is 3. The van der Waals surface area contributed by atoms with E-state index in [4.69, 9.17) is 4.74 Å². The normalized spacial score (nSPS) is 21.3. The average Bonchev–Trinajstić information content (AvgIpc) is 2.37. The van der Waals surface area contributed by atoms with E-state index < -0.39 is 0 Å². The number of piperazine rings is 1. The van der Waals surface area contributed by atoms with Crippen LogP contribution in [0.3, 0.4) is 0 Å². The van der Waals surface area contributed by atoms with Crippen molar-refractivity contribution in [2.24, 2.45) is 0 Å². The first-order valence-electron chi connectivity index (χ1n) is 6.71. The molecule has 1 heterocycles. The number of ether oxygens (including phenoxy) is 1. The molecule has 0 amide bonds. The third kappa shape index (κ3) is 2.85. The zero-order chi connectivity index (χ0) is 13.1. The van der Waals surface area contributed by atoms with Gasteiger partial charge < -0.3 is 15.0 Å². The predicted molar refractivity (Wildman–Crippen MR) is 75.3 cm³/mol. The Morgan fingerprint density at radius 1 is 1.39 bits per heavy atom. The number of nitrogens with one attached hydrogen (secondary N) is 1. The van der Waals surface area contributed by atoms with Gasteiger partial charge in [0.25, 0.3) is 0 Å². The molecule has 3 nitrogen and oxygen atoms in total. The summed E-state index contributed by atoms with van der Waals surface area (Å²) in [4.78, 5) is 2.36. The van der Waals surface area contributed by atoms with E-state index in [9.17, 15) is 0 Å². The summed E-state index contributed by atoms with van der Waals surface area (Å²) >= 11 is 0. The lowest BCUT2D eigenvalue weighted by molar-refractivity contribution is 0.237. The van der Waals surface area contributed by atoms with Gasteiger partial charge in [-0.05, 0) is 24.6 Å². The third-order valence-electron chi connectivity index (χ3n) is 3.68. The second kappa shape index (κ2) is 5.72. The van der Waals surface area contributed by atoms with Crippen molar-refractivity contribution in [1.82, 2.24) is 10.2 Å². The van der Waals surface area contributed by atoms with Crippen molar-refractivity contribution in [2.45, 2.75) is 25.8 Å². The van der Waals surface area contributed by atoms with Crippen LogP contribution in [0.5, 0.6) is 5.75 Å². The molecule has 0 aliphatic carbocycles. The molecule has 1 aliphatic heterocycles. The Morgan fingerprint density at radius 2 is 2.17 bits per heavy atom. The van der Waals surface area contributed by atoms with Gasteiger partial charge in [0, 0.05) is 31.2 Å². The first-order chi connectivity index (χ1) is 8.61. The first kappa shape index (κ1) is 13.4. The molecule has 0 radical (unpaired) electrons. The van der Waals surface area contributed by atoms with Crippen molar-refractivity contribution in [3.05, 3.63) is 29.3 Å². The lowest BCUT2D eigenvalue weighted by Crippen LogP contribution is -2.43. The van der Waals surface area contributed by atoms with Gasteiger partial charge in [0.15, 0.2) is 0 Å². The van der Waals surface area contributed by atoms with Gasteiger partial charge >= 0.3 is 0 Å². The van der Waals surface area contributed by atoms with Gasteiger partial charge in [-0.15, -0.1) is 0 Å². The number of hydrogen-bond donors (Lipinski definition) is 1. The Hall–Kier alpha value is -1.06. The number of rotatable bonds is 3. The zero-order valence-corrected chi connectivity index (χ0v) is 11.9. The molecule has 1 aromatic carbocycles. The van der Waals surface area contributed by atoms with Crippen molar-refractivity contribution >= 4 is 0 Å². The van der Waals surface area contributed by atoms with Crippen LogP contribution in [0, 0.1) is 0 Å². The highest BCUT2D eigenvalue weighted by Gasteiger charge is 2.21. The lowest BCUT2D eigenvalue weighted by Gasteiger charge is -2.32. The standard InChI is InChI=1S/C15H24N2O/c1-11(2)12-5-6-13(15(9-12)18-4)14-10-17(3)8-7-16-14/h5-6,9,11,14,16H,7-8,10H2,1-4H3. The summed E-state index contributed by atoms with van der Waals surface area (Å²) in [5, 5.41) is 3.57. The van der Waals surface area contributed by atoms with E-state index in [2.05, 4.69) is 49.3 Å². The van der Waals surface area contributed by atoms with E-state index >= 15 is 0 Å². The van der Waals surface area contributed by atoms with E-state index in [1.54, 1.807) is 7.11 Å². The van der Waals surface area contributed by atoms with Gasteiger partial charge in [-0.3, -0.25) is 0 Å². The molecule has 0 saturated carbocycles. The highest BCUT2D eigenvalue weighted by molar-refractivity contribution is 5.41. The van der Waals surface area contributed by atoms with Crippen LogP contribution >= 0.6 is 0 Å². The van der Waals surface area contributed by atoms with Crippen LogP contribution in [0.25, 0.3) is 0 Å². The number of likely N-dealkylation sites (N-methyl/N-ethyl adjacent to an activating group) is 1. The van der Waals surface area contributed by atoms with Gasteiger partial charge in [-0.2, -0.15) is 0 Å². The molecule has 1 atom stereocenters. The van der Waals surface area contributed by atoms with E-state index in [1.165, 1.54) is 11.1 Å². The zero-order valence-electron chi connectivity index (χ0n) is 11.9. The summed E-state index contributed by atoms with van der Waals surface area (Å²) in [6, 6.07) is 6.99. The molecule has 1 aromatic rings. The summed E-state index contributed by atoms with van der Waals surface area (Å²) < 4.78 is 5.57. The van der Waals surface area contributed by atoms with E-state index in [-0.39, 0.29) is 0 Å². The predicted octanol–water partition coefficient (Wildman–Crippen LogP) is 2.39. The fourth-order valence-corrected chi connectivity index (χ4v) is 2.48.